The van der Waals surface area contributed by atoms with Gasteiger partial charge in [-0.1, -0.05) is 0 Å². The maximum absolute atomic E-state index is 12.8. The predicted molar refractivity (Wildman–Crippen MR) is 89.8 cm³/mol. The fourth-order valence-corrected chi connectivity index (χ4v) is 3.00. The molecule has 1 aromatic rings. The Bertz CT molecular complexity index is 545. The molecule has 0 spiro atoms. The van der Waals surface area contributed by atoms with Crippen molar-refractivity contribution in [3.8, 4) is 0 Å². The smallest absolute Gasteiger partial charge is 0.274 e. The summed E-state index contributed by atoms with van der Waals surface area (Å²) in [5.74, 6) is 0.674. The molecule has 1 aromatic heterocycles. The zero-order chi connectivity index (χ0) is 15.2. The molecule has 22 heavy (non-hydrogen) atoms. The predicted octanol–water partition coefficient (Wildman–Crippen LogP) is 2.37. The van der Waals surface area contributed by atoms with Crippen molar-refractivity contribution in [2.24, 2.45) is 0 Å². The summed E-state index contributed by atoms with van der Waals surface area (Å²) in [5.41, 5.74) is 1.76. The van der Waals surface area contributed by atoms with Gasteiger partial charge in [0.25, 0.3) is 5.91 Å². The molecule has 0 radical (unpaired) electrons. The van der Waals surface area contributed by atoms with Crippen LogP contribution >= 0.6 is 12.4 Å². The first-order valence-electron chi connectivity index (χ1n) is 8.00. The highest BCUT2D eigenvalue weighted by atomic mass is 35.5. The Labute approximate surface area is 138 Å². The number of carbonyl (C=O) groups excluding carboxylic acids is 1. The third-order valence-electron chi connectivity index (χ3n) is 4.35. The number of hydrogen-bond acceptors (Lipinski definition) is 3. The molecule has 0 aromatic carbocycles. The van der Waals surface area contributed by atoms with Gasteiger partial charge >= 0.3 is 0 Å². The van der Waals surface area contributed by atoms with Gasteiger partial charge in [0.15, 0.2) is 5.69 Å². The van der Waals surface area contributed by atoms with Crippen LogP contribution in [0, 0.1) is 0 Å². The topological polar surface area (TPSA) is 50.2 Å². The maximum atomic E-state index is 12.8. The summed E-state index contributed by atoms with van der Waals surface area (Å²) in [6, 6.07) is 2.26. The lowest BCUT2D eigenvalue weighted by atomic mass is 10.1. The second-order valence-corrected chi connectivity index (χ2v) is 7.36. The van der Waals surface area contributed by atoms with Gasteiger partial charge in [-0.2, -0.15) is 5.10 Å². The standard InChI is InChI=1S/C16H26N4O.ClH/c1-11-10-17-7-8-19(11)15(21)13-9-14(12-5-6-12)20(18-13)16(2,3)4;/h9,11-12,17H,5-8,10H2,1-4H3;1H/t11-;/m0./s1. The minimum absolute atomic E-state index is 0. The van der Waals surface area contributed by atoms with Crippen molar-refractivity contribution in [3.05, 3.63) is 17.5 Å². The van der Waals surface area contributed by atoms with E-state index in [2.05, 4.69) is 42.8 Å². The Kier molecular flexibility index (Phi) is 4.87. The van der Waals surface area contributed by atoms with Gasteiger partial charge in [-0.25, -0.2) is 0 Å². The number of aromatic nitrogens is 2. The van der Waals surface area contributed by atoms with Gasteiger partial charge in [-0.15, -0.1) is 12.4 Å². The molecule has 1 aliphatic carbocycles. The number of rotatable bonds is 2. The molecular formula is C16H27ClN4O. The van der Waals surface area contributed by atoms with Crippen molar-refractivity contribution in [3.63, 3.8) is 0 Å². The van der Waals surface area contributed by atoms with Crippen LogP contribution in [-0.2, 0) is 5.54 Å². The lowest BCUT2D eigenvalue weighted by Crippen LogP contribution is -2.52. The van der Waals surface area contributed by atoms with Crippen LogP contribution in [0.1, 0.15) is 62.6 Å². The van der Waals surface area contributed by atoms with Crippen LogP contribution in [0.15, 0.2) is 6.07 Å². The quantitative estimate of drug-likeness (QED) is 0.907. The normalized spacial score (nSPS) is 22.4. The molecule has 2 fully saturated rings. The lowest BCUT2D eigenvalue weighted by Gasteiger charge is -2.33. The molecule has 1 saturated carbocycles. The van der Waals surface area contributed by atoms with Gasteiger partial charge < -0.3 is 10.2 Å². The summed E-state index contributed by atoms with van der Waals surface area (Å²) in [5, 5.41) is 7.98. The van der Waals surface area contributed by atoms with Crippen LogP contribution in [0.2, 0.25) is 0 Å². The van der Waals surface area contributed by atoms with Gasteiger partial charge in [0.2, 0.25) is 0 Å². The third kappa shape index (κ3) is 3.30. The highest BCUT2D eigenvalue weighted by Gasteiger charge is 2.34. The maximum Gasteiger partial charge on any atom is 0.274 e. The zero-order valence-electron chi connectivity index (χ0n) is 13.9. The number of piperazine rings is 1. The molecular weight excluding hydrogens is 300 g/mol. The SMILES string of the molecule is C[C@H]1CNCCN1C(=O)c1cc(C2CC2)n(C(C)(C)C)n1.Cl. The number of carbonyl (C=O) groups is 1. The van der Waals surface area contributed by atoms with Crippen LogP contribution < -0.4 is 5.32 Å². The number of amides is 1. The molecule has 1 saturated heterocycles. The summed E-state index contributed by atoms with van der Waals surface area (Å²) in [4.78, 5) is 14.7. The first-order chi connectivity index (χ1) is 9.88. The Morgan fingerprint density at radius 1 is 1.36 bits per heavy atom. The Balaban J connectivity index is 0.00000176. The minimum atomic E-state index is -0.0779. The molecule has 1 atom stereocenters. The van der Waals surface area contributed by atoms with Gasteiger partial charge in [0.1, 0.15) is 0 Å². The van der Waals surface area contributed by atoms with E-state index in [1.54, 1.807) is 0 Å². The van der Waals surface area contributed by atoms with Crippen LogP contribution in [-0.4, -0.2) is 46.3 Å². The number of nitrogens with zero attached hydrogens (tertiary/aromatic N) is 3. The van der Waals surface area contributed by atoms with E-state index in [1.807, 2.05) is 11.0 Å². The Hall–Kier alpha value is -1.07. The molecule has 0 bridgehead atoms. The van der Waals surface area contributed by atoms with Crippen molar-refractivity contribution < 1.29 is 4.79 Å². The molecule has 1 N–H and O–H groups in total. The summed E-state index contributed by atoms with van der Waals surface area (Å²) >= 11 is 0. The Morgan fingerprint density at radius 2 is 2.05 bits per heavy atom. The van der Waals surface area contributed by atoms with E-state index < -0.39 is 0 Å². The van der Waals surface area contributed by atoms with Crippen molar-refractivity contribution in [2.45, 2.75) is 58.0 Å². The monoisotopic (exact) mass is 326 g/mol. The minimum Gasteiger partial charge on any atom is -0.332 e. The fraction of sp³-hybridized carbons (Fsp3) is 0.750. The second-order valence-electron chi connectivity index (χ2n) is 7.36. The van der Waals surface area contributed by atoms with Crippen LogP contribution in [0.3, 0.4) is 0 Å². The third-order valence-corrected chi connectivity index (χ3v) is 4.35. The second kappa shape index (κ2) is 6.20. The molecule has 2 heterocycles. The number of nitrogens with one attached hydrogen (secondary N) is 1. The van der Waals surface area contributed by atoms with E-state index in [0.29, 0.717) is 11.6 Å². The van der Waals surface area contributed by atoms with E-state index >= 15 is 0 Å². The van der Waals surface area contributed by atoms with Crippen molar-refractivity contribution >= 4 is 18.3 Å². The average Bonchev–Trinajstić information content (AvgIpc) is 3.16. The van der Waals surface area contributed by atoms with E-state index in [0.717, 1.165) is 19.6 Å². The molecule has 0 unspecified atom stereocenters. The number of halogens is 1. The zero-order valence-corrected chi connectivity index (χ0v) is 14.7. The van der Waals surface area contributed by atoms with Crippen LogP contribution in [0.5, 0.6) is 0 Å². The van der Waals surface area contributed by atoms with Gasteiger partial charge in [0, 0.05) is 37.3 Å². The summed E-state index contributed by atoms with van der Waals surface area (Å²) < 4.78 is 2.06. The molecule has 3 rings (SSSR count). The van der Waals surface area contributed by atoms with E-state index in [1.165, 1.54) is 18.5 Å². The fourth-order valence-electron chi connectivity index (χ4n) is 3.00. The van der Waals surface area contributed by atoms with Crippen LogP contribution in [0.4, 0.5) is 0 Å². The summed E-state index contributed by atoms with van der Waals surface area (Å²) in [7, 11) is 0. The van der Waals surface area contributed by atoms with E-state index in [-0.39, 0.29) is 29.9 Å². The first kappa shape index (κ1) is 17.3. The van der Waals surface area contributed by atoms with Gasteiger partial charge in [-0.05, 0) is 46.6 Å². The van der Waals surface area contributed by atoms with Gasteiger partial charge in [-0.3, -0.25) is 9.48 Å². The molecule has 1 amide bonds. The van der Waals surface area contributed by atoms with E-state index in [4.69, 9.17) is 0 Å². The van der Waals surface area contributed by atoms with Crippen LogP contribution in [0.25, 0.3) is 0 Å². The molecule has 5 nitrogen and oxygen atoms in total. The van der Waals surface area contributed by atoms with Gasteiger partial charge in [0.05, 0.1) is 5.54 Å². The summed E-state index contributed by atoms with van der Waals surface area (Å²) in [6.07, 6.45) is 2.44. The molecule has 1 aliphatic heterocycles. The average molecular weight is 327 g/mol. The molecule has 6 heteroatoms. The van der Waals surface area contributed by atoms with Crippen molar-refractivity contribution in [2.75, 3.05) is 19.6 Å². The Morgan fingerprint density at radius 3 is 2.59 bits per heavy atom. The van der Waals surface area contributed by atoms with Crippen molar-refractivity contribution in [1.82, 2.24) is 20.0 Å². The highest BCUT2D eigenvalue weighted by Crippen LogP contribution is 2.41. The van der Waals surface area contributed by atoms with Crippen molar-refractivity contribution in [1.29, 1.82) is 0 Å². The summed E-state index contributed by atoms with van der Waals surface area (Å²) in [6.45, 7) is 11.0. The molecule has 2 aliphatic rings. The lowest BCUT2D eigenvalue weighted by molar-refractivity contribution is 0.0648. The largest absolute Gasteiger partial charge is 0.332 e. The molecule has 124 valence electrons. The highest BCUT2D eigenvalue weighted by molar-refractivity contribution is 5.92. The first-order valence-corrected chi connectivity index (χ1v) is 8.00. The number of hydrogen-bond donors (Lipinski definition) is 1. The van der Waals surface area contributed by atoms with E-state index in [9.17, 15) is 4.79 Å².